The summed E-state index contributed by atoms with van der Waals surface area (Å²) in [4.78, 5) is 17.3. The molecule has 8 heterocycles. The van der Waals surface area contributed by atoms with Crippen LogP contribution in [0.5, 0.6) is 0 Å². The number of rotatable bonds is 4. The van der Waals surface area contributed by atoms with Gasteiger partial charge in [0.05, 0.1) is 55.8 Å². The Bertz CT molecular complexity index is 6910. The molecule has 0 aliphatic carbocycles. The van der Waals surface area contributed by atoms with Gasteiger partial charge in [-0.2, -0.15) is 4.57 Å². The van der Waals surface area contributed by atoms with E-state index in [1.807, 2.05) is 90.2 Å². The fourth-order valence-corrected chi connectivity index (χ4v) is 15.5. The number of aryl methyl sites for hydroxylation is 10. The summed E-state index contributed by atoms with van der Waals surface area (Å²) in [6.07, 6.45) is 13.1. The highest BCUT2D eigenvalue weighted by atomic mass is 16.3. The third-order valence-electron chi connectivity index (χ3n) is 21.1. The third-order valence-corrected chi connectivity index (χ3v) is 21.1. The van der Waals surface area contributed by atoms with Crippen molar-refractivity contribution in [3.8, 4) is 45.0 Å². The minimum absolute atomic E-state index is 0.923. The van der Waals surface area contributed by atoms with Gasteiger partial charge in [0, 0.05) is 75.1 Å². The molecule has 20 aromatic rings. The Morgan fingerprint density at radius 3 is 1.06 bits per heavy atom. The van der Waals surface area contributed by atoms with Crippen LogP contribution in [0.2, 0.25) is 0 Å². The van der Waals surface area contributed by atoms with Gasteiger partial charge < -0.3 is 17.7 Å². The molecule has 20 rings (SSSR count). The molecule has 0 saturated heterocycles. The van der Waals surface area contributed by atoms with Crippen LogP contribution in [-0.2, 0) is 28.2 Å². The van der Waals surface area contributed by atoms with Gasteiger partial charge in [0.15, 0.2) is 17.6 Å². The van der Waals surface area contributed by atoms with E-state index in [1.54, 1.807) is 6.20 Å². The van der Waals surface area contributed by atoms with Gasteiger partial charge in [-0.05, 0) is 154 Å². The van der Waals surface area contributed by atoms with Crippen LogP contribution < -0.4 is 18.3 Å². The van der Waals surface area contributed by atoms with E-state index in [0.29, 0.717) is 0 Å². The molecular weight excluding hydrogens is 1280 g/mol. The van der Waals surface area contributed by atoms with Crippen molar-refractivity contribution in [3.05, 3.63) is 289 Å². The molecule has 8 aromatic heterocycles. The molecular formula is C92H76N8O4+4. The van der Waals surface area contributed by atoms with Crippen LogP contribution in [0.1, 0.15) is 44.8 Å². The van der Waals surface area contributed by atoms with Crippen molar-refractivity contribution < 1.29 is 35.9 Å². The summed E-state index contributed by atoms with van der Waals surface area (Å²) in [5, 5.41) is 19.3. The van der Waals surface area contributed by atoms with Gasteiger partial charge in [-0.1, -0.05) is 161 Å². The predicted molar refractivity (Wildman–Crippen MR) is 420 cm³/mol. The Kier molecular flexibility index (Phi) is 15.9. The molecule has 0 atom stereocenters. The fourth-order valence-electron chi connectivity index (χ4n) is 15.5. The molecule has 0 spiro atoms. The molecule has 0 amide bonds. The molecule has 12 heteroatoms. The molecule has 0 unspecified atom stereocenters. The standard InChI is InChI=1S/C24H21N2O.2C23H19N2O.C22H17N2O/c1-14-11-19-23-18-8-6-5-7-17(18)9-10-21(23)27-24(19)22(16(14)3)20-12-15(2)25-13-26(20)4;1-14-8-10-18-22-17-7-5-4-6-16(17)9-11-20(22)26-23(18)21(14)19-12-15(2)24-13-25(19)3;1-14-12-18-22-17-7-5-4-6-16(17)8-9-20(22)26-23(18)21(15(14)2)19-10-11-24-13-25(19)3;1-14-7-9-17-21-16-6-4-3-5-15(16)8-10-19(21)25-22(17)20(14)18-13-23-11-12-24(18)2/h5-13H,1-4H3;2*4-13H,1-3H3;3-13H,1-2H3/q4*+1. The lowest BCUT2D eigenvalue weighted by molar-refractivity contribution is -0.663. The minimum Gasteiger partial charge on any atom is -0.455 e. The Labute approximate surface area is 600 Å². The summed E-state index contributed by atoms with van der Waals surface area (Å²) in [5.41, 5.74) is 25.8. The Morgan fingerprint density at radius 1 is 0.279 bits per heavy atom. The van der Waals surface area contributed by atoms with Gasteiger partial charge in [0.1, 0.15) is 75.0 Å². The molecule has 0 aliphatic rings. The summed E-state index contributed by atoms with van der Waals surface area (Å²) in [6.45, 7) is 17.0. The zero-order valence-electron chi connectivity index (χ0n) is 60.3. The SMILES string of the molecule is Cc1cc(-c2c(C)c(C)cc3c2oc2ccc4ccccc4c23)[n+](C)cn1.Cc1cc(-c2c(C)ccc3c2oc2ccc4ccccc4c23)[n+](C)cn1.Cc1cc2c(oc3ccc4ccccc4c32)c(-c2ccnc[n+]2C)c1C.Cc1ccc2c(oc3ccc4ccccc4c32)c1-c1cncc[n+]1C. The molecule has 0 radical (unpaired) electrons. The van der Waals surface area contributed by atoms with Crippen molar-refractivity contribution in [1.82, 2.24) is 19.9 Å². The minimum atomic E-state index is 0.923. The van der Waals surface area contributed by atoms with Crippen LogP contribution in [0.25, 0.3) is 176 Å². The van der Waals surface area contributed by atoms with Gasteiger partial charge in [-0.15, -0.1) is 0 Å². The largest absolute Gasteiger partial charge is 0.455 e. The summed E-state index contributed by atoms with van der Waals surface area (Å²) in [5.74, 6) is 0. The van der Waals surface area contributed by atoms with E-state index in [1.165, 1.54) is 109 Å². The quantitative estimate of drug-likeness (QED) is 0.160. The van der Waals surface area contributed by atoms with Crippen LogP contribution in [0.15, 0.2) is 262 Å². The Hall–Kier alpha value is -12.8. The van der Waals surface area contributed by atoms with E-state index in [-0.39, 0.29) is 0 Å². The normalized spacial score (nSPS) is 11.7. The first-order chi connectivity index (χ1) is 50.6. The maximum atomic E-state index is 6.44. The molecule has 12 aromatic carbocycles. The third kappa shape index (κ3) is 10.8. The van der Waals surface area contributed by atoms with E-state index in [0.717, 1.165) is 112 Å². The maximum absolute atomic E-state index is 6.44. The van der Waals surface area contributed by atoms with E-state index in [2.05, 4.69) is 269 Å². The highest BCUT2D eigenvalue weighted by molar-refractivity contribution is 6.24. The van der Waals surface area contributed by atoms with E-state index in [4.69, 9.17) is 17.7 Å². The van der Waals surface area contributed by atoms with Crippen molar-refractivity contribution in [1.29, 1.82) is 0 Å². The predicted octanol–water partition coefficient (Wildman–Crippen LogP) is 21.0. The second-order valence-corrected chi connectivity index (χ2v) is 27.7. The fraction of sp³-hybridized carbons (Fsp3) is 0.130. The molecule has 0 bridgehead atoms. The van der Waals surface area contributed by atoms with Crippen LogP contribution in [0.3, 0.4) is 0 Å². The zero-order chi connectivity index (χ0) is 71.3. The molecule has 0 N–H and O–H groups in total. The topological polar surface area (TPSA) is 120 Å². The van der Waals surface area contributed by atoms with Gasteiger partial charge in [-0.3, -0.25) is 4.98 Å². The number of fused-ring (bicyclic) bond motifs is 20. The smallest absolute Gasteiger partial charge is 0.286 e. The molecule has 0 saturated carbocycles. The highest BCUT2D eigenvalue weighted by Crippen LogP contribution is 2.46. The van der Waals surface area contributed by atoms with Gasteiger partial charge >= 0.3 is 0 Å². The molecule has 504 valence electrons. The second kappa shape index (κ2) is 25.7. The lowest BCUT2D eigenvalue weighted by Crippen LogP contribution is -2.31. The molecule has 104 heavy (non-hydrogen) atoms. The van der Waals surface area contributed by atoms with Crippen molar-refractivity contribution in [2.45, 2.75) is 55.4 Å². The highest BCUT2D eigenvalue weighted by Gasteiger charge is 2.27. The van der Waals surface area contributed by atoms with Crippen LogP contribution >= 0.6 is 0 Å². The van der Waals surface area contributed by atoms with E-state index in [9.17, 15) is 0 Å². The van der Waals surface area contributed by atoms with Crippen molar-refractivity contribution in [3.63, 3.8) is 0 Å². The van der Waals surface area contributed by atoms with Crippen LogP contribution in [0, 0.1) is 55.4 Å². The Morgan fingerprint density at radius 2 is 0.644 bits per heavy atom. The Balaban J connectivity index is 0.000000103. The number of hydrogen-bond acceptors (Lipinski definition) is 8. The van der Waals surface area contributed by atoms with Crippen molar-refractivity contribution in [2.24, 2.45) is 28.2 Å². The lowest BCUT2D eigenvalue weighted by atomic mass is 9.95. The first kappa shape index (κ1) is 64.6. The van der Waals surface area contributed by atoms with E-state index >= 15 is 0 Å². The van der Waals surface area contributed by atoms with Gasteiger partial charge in [0.2, 0.25) is 5.69 Å². The van der Waals surface area contributed by atoms with E-state index < -0.39 is 0 Å². The summed E-state index contributed by atoms with van der Waals surface area (Å²) in [6, 6.07) is 70.3. The summed E-state index contributed by atoms with van der Waals surface area (Å²) >= 11 is 0. The average Bonchev–Trinajstić information content (AvgIpc) is 1.59. The number of aromatic nitrogens is 8. The maximum Gasteiger partial charge on any atom is 0.286 e. The summed E-state index contributed by atoms with van der Waals surface area (Å²) < 4.78 is 33.8. The molecule has 12 nitrogen and oxygen atoms in total. The van der Waals surface area contributed by atoms with Crippen LogP contribution in [0.4, 0.5) is 0 Å². The number of hydrogen-bond donors (Lipinski definition) is 0. The van der Waals surface area contributed by atoms with Crippen LogP contribution in [-0.4, -0.2) is 19.9 Å². The molecule has 0 fully saturated rings. The number of furan rings is 4. The van der Waals surface area contributed by atoms with Crippen molar-refractivity contribution in [2.75, 3.05) is 0 Å². The monoisotopic (exact) mass is 1360 g/mol. The molecule has 0 aliphatic heterocycles. The summed E-state index contributed by atoms with van der Waals surface area (Å²) in [7, 11) is 8.12. The van der Waals surface area contributed by atoms with Gasteiger partial charge in [-0.25, -0.2) is 13.7 Å². The lowest BCUT2D eigenvalue weighted by Gasteiger charge is -2.10. The first-order valence-corrected chi connectivity index (χ1v) is 35.2. The number of benzene rings is 12. The average molecular weight is 1360 g/mol. The number of nitrogens with zero attached hydrogens (tertiary/aromatic N) is 8. The second-order valence-electron chi connectivity index (χ2n) is 27.7. The van der Waals surface area contributed by atoms with Crippen molar-refractivity contribution >= 4 is 131 Å². The zero-order valence-corrected chi connectivity index (χ0v) is 60.3. The first-order valence-electron chi connectivity index (χ1n) is 35.2. The van der Waals surface area contributed by atoms with Gasteiger partial charge in [0.25, 0.3) is 19.0 Å².